The molecule has 0 aliphatic carbocycles. The third-order valence-electron chi connectivity index (χ3n) is 5.35. The van der Waals surface area contributed by atoms with E-state index in [1.54, 1.807) is 0 Å². The lowest BCUT2D eigenvalue weighted by Crippen LogP contribution is -2.41. The van der Waals surface area contributed by atoms with Crippen molar-refractivity contribution in [3.8, 4) is 22.8 Å². The summed E-state index contributed by atoms with van der Waals surface area (Å²) in [7, 11) is 0. The molecule has 0 unspecified atom stereocenters. The van der Waals surface area contributed by atoms with Crippen molar-refractivity contribution >= 4 is 17.5 Å². The number of halogens is 1. The number of ether oxygens (including phenoxy) is 1. The fraction of sp³-hybridized carbons (Fsp3) is 0.474. The van der Waals surface area contributed by atoms with Crippen LogP contribution in [-0.2, 0) is 22.5 Å². The Morgan fingerprint density at radius 1 is 1.21 bits per heavy atom. The Labute approximate surface area is 167 Å². The Kier molecular flexibility index (Phi) is 5.43. The molecule has 3 N–H and O–H groups in total. The largest absolute Gasteiger partial charge is 0.507 e. The lowest BCUT2D eigenvalue weighted by Gasteiger charge is -2.30. The molecule has 2 aliphatic heterocycles. The van der Waals surface area contributed by atoms with E-state index in [1.807, 2.05) is 4.90 Å². The summed E-state index contributed by atoms with van der Waals surface area (Å²) in [5.74, 6) is -0.184. The van der Waals surface area contributed by atoms with Crippen LogP contribution in [0.3, 0.4) is 0 Å². The maximum absolute atomic E-state index is 12.7. The molecule has 28 heavy (non-hydrogen) atoms. The van der Waals surface area contributed by atoms with Gasteiger partial charge in [0.1, 0.15) is 17.2 Å². The number of aromatic amines is 1. The van der Waals surface area contributed by atoms with Crippen LogP contribution in [0.5, 0.6) is 11.5 Å². The number of aromatic nitrogens is 2. The van der Waals surface area contributed by atoms with Crippen molar-refractivity contribution in [1.29, 1.82) is 0 Å². The van der Waals surface area contributed by atoms with Gasteiger partial charge in [-0.1, -0.05) is 11.6 Å². The number of fused-ring (bicyclic) bond motifs is 1. The quantitative estimate of drug-likeness (QED) is 0.715. The van der Waals surface area contributed by atoms with Crippen LogP contribution in [0, 0.1) is 0 Å². The molecule has 0 spiro atoms. The first-order valence-corrected chi connectivity index (χ1v) is 9.76. The normalized spacial score (nSPS) is 17.5. The van der Waals surface area contributed by atoms with Crippen molar-refractivity contribution in [2.24, 2.45) is 0 Å². The van der Waals surface area contributed by atoms with Gasteiger partial charge in [-0.15, -0.1) is 0 Å². The van der Waals surface area contributed by atoms with E-state index >= 15 is 0 Å². The summed E-state index contributed by atoms with van der Waals surface area (Å²) in [4.78, 5) is 16.8. The Balaban J connectivity index is 1.48. The van der Waals surface area contributed by atoms with Gasteiger partial charge in [-0.05, 0) is 6.07 Å². The first kappa shape index (κ1) is 19.0. The van der Waals surface area contributed by atoms with Crippen LogP contribution < -0.4 is 0 Å². The number of hydrogen-bond donors (Lipinski definition) is 3. The molecule has 1 aromatic heterocycles. The highest BCUT2D eigenvalue weighted by Gasteiger charge is 2.27. The smallest absolute Gasteiger partial charge is 0.224 e. The lowest BCUT2D eigenvalue weighted by molar-refractivity contribution is -0.132. The van der Waals surface area contributed by atoms with E-state index < -0.39 is 0 Å². The number of nitrogens with one attached hydrogen (secondary N) is 1. The fourth-order valence-corrected chi connectivity index (χ4v) is 3.87. The summed E-state index contributed by atoms with van der Waals surface area (Å²) < 4.78 is 5.34. The van der Waals surface area contributed by atoms with Crippen LogP contribution in [0.25, 0.3) is 11.3 Å². The second kappa shape index (κ2) is 7.98. The number of rotatable bonds is 4. The first-order chi connectivity index (χ1) is 13.5. The summed E-state index contributed by atoms with van der Waals surface area (Å²) in [6, 6.07) is 2.69. The second-order valence-corrected chi connectivity index (χ2v) is 7.53. The number of H-pyrrole nitrogens is 1. The molecule has 4 rings (SSSR count). The van der Waals surface area contributed by atoms with Crippen LogP contribution in [0.2, 0.25) is 5.02 Å². The van der Waals surface area contributed by atoms with Gasteiger partial charge < -0.3 is 19.8 Å². The molecule has 0 radical (unpaired) electrons. The van der Waals surface area contributed by atoms with Crippen LogP contribution in [-0.4, -0.2) is 75.5 Å². The average molecular weight is 407 g/mol. The molecule has 1 saturated heterocycles. The Hall–Kier alpha value is -2.29. The van der Waals surface area contributed by atoms with E-state index in [0.29, 0.717) is 37.2 Å². The highest BCUT2D eigenvalue weighted by Crippen LogP contribution is 2.39. The minimum Gasteiger partial charge on any atom is -0.507 e. The maximum atomic E-state index is 12.7. The van der Waals surface area contributed by atoms with Gasteiger partial charge in [-0.25, -0.2) is 0 Å². The minimum atomic E-state index is -0.188. The third kappa shape index (κ3) is 3.80. The molecule has 0 bridgehead atoms. The molecule has 2 aliphatic rings. The van der Waals surface area contributed by atoms with Crippen molar-refractivity contribution in [3.63, 3.8) is 0 Å². The number of phenols is 2. The third-order valence-corrected chi connectivity index (χ3v) is 5.65. The summed E-state index contributed by atoms with van der Waals surface area (Å²) in [5, 5.41) is 27.3. The Bertz CT molecular complexity index is 879. The van der Waals surface area contributed by atoms with Gasteiger partial charge in [0.15, 0.2) is 0 Å². The number of nitrogens with zero attached hydrogens (tertiary/aromatic N) is 3. The van der Waals surface area contributed by atoms with E-state index in [1.165, 1.54) is 12.1 Å². The van der Waals surface area contributed by atoms with Crippen molar-refractivity contribution in [3.05, 3.63) is 28.4 Å². The van der Waals surface area contributed by atoms with Crippen molar-refractivity contribution in [2.45, 2.75) is 19.4 Å². The SMILES string of the molecule is O=C(CCN1CCOCC1)N1CCc2[nH]nc(-c3cc(Cl)c(O)cc3O)c2C1. The van der Waals surface area contributed by atoms with Gasteiger partial charge in [0.2, 0.25) is 5.91 Å². The van der Waals surface area contributed by atoms with Crippen LogP contribution in [0.1, 0.15) is 17.7 Å². The highest BCUT2D eigenvalue weighted by molar-refractivity contribution is 6.32. The zero-order chi connectivity index (χ0) is 19.7. The van der Waals surface area contributed by atoms with Gasteiger partial charge in [0.25, 0.3) is 0 Å². The van der Waals surface area contributed by atoms with E-state index in [2.05, 4.69) is 15.1 Å². The van der Waals surface area contributed by atoms with Gasteiger partial charge in [0.05, 0.1) is 18.2 Å². The van der Waals surface area contributed by atoms with Crippen LogP contribution in [0.15, 0.2) is 12.1 Å². The molecule has 0 atom stereocenters. The van der Waals surface area contributed by atoms with Crippen molar-refractivity contribution in [2.75, 3.05) is 39.4 Å². The minimum absolute atomic E-state index is 0.105. The van der Waals surface area contributed by atoms with E-state index in [0.717, 1.165) is 44.1 Å². The van der Waals surface area contributed by atoms with Crippen LogP contribution in [0.4, 0.5) is 0 Å². The standard InChI is InChI=1S/C19H23ClN4O4/c20-14-9-12(16(25)10-17(14)26)19-13-11-24(4-1-15(13)21-22-19)18(27)2-3-23-5-7-28-8-6-23/h9-10,25-26H,1-8,11H2,(H,21,22). The monoisotopic (exact) mass is 406 g/mol. The Morgan fingerprint density at radius 3 is 2.79 bits per heavy atom. The summed E-state index contributed by atoms with van der Waals surface area (Å²) in [6.45, 7) is 4.98. The van der Waals surface area contributed by atoms with E-state index in [9.17, 15) is 15.0 Å². The van der Waals surface area contributed by atoms with Crippen LogP contribution >= 0.6 is 11.6 Å². The zero-order valence-corrected chi connectivity index (χ0v) is 16.2. The zero-order valence-electron chi connectivity index (χ0n) is 15.4. The molecule has 150 valence electrons. The van der Waals surface area contributed by atoms with E-state index in [4.69, 9.17) is 16.3 Å². The summed E-state index contributed by atoms with van der Waals surface area (Å²) >= 11 is 6.00. The van der Waals surface area contributed by atoms with Gasteiger partial charge >= 0.3 is 0 Å². The number of aromatic hydroxyl groups is 2. The maximum Gasteiger partial charge on any atom is 0.224 e. The molecular formula is C19H23ClN4O4. The molecule has 1 fully saturated rings. The second-order valence-electron chi connectivity index (χ2n) is 7.12. The average Bonchev–Trinajstić information content (AvgIpc) is 3.12. The molecule has 1 aromatic carbocycles. The molecule has 1 amide bonds. The fourth-order valence-electron chi connectivity index (χ4n) is 3.71. The van der Waals surface area contributed by atoms with Crippen molar-refractivity contribution in [1.82, 2.24) is 20.0 Å². The summed E-state index contributed by atoms with van der Waals surface area (Å²) in [6.07, 6.45) is 1.15. The number of carbonyl (C=O) groups is 1. The summed E-state index contributed by atoms with van der Waals surface area (Å²) in [5.41, 5.74) is 2.82. The molecular weight excluding hydrogens is 384 g/mol. The molecule has 2 aromatic rings. The number of benzene rings is 1. The number of amides is 1. The van der Waals surface area contributed by atoms with Gasteiger partial charge in [-0.2, -0.15) is 5.10 Å². The molecule has 3 heterocycles. The topological polar surface area (TPSA) is 102 Å². The molecule has 0 saturated carbocycles. The van der Waals surface area contributed by atoms with E-state index in [-0.39, 0.29) is 22.4 Å². The molecule has 9 heteroatoms. The number of morpholine rings is 1. The predicted octanol–water partition coefficient (Wildman–Crippen LogP) is 1.75. The van der Waals surface area contributed by atoms with Gasteiger partial charge in [0, 0.05) is 68.5 Å². The molecule has 8 nitrogen and oxygen atoms in total. The van der Waals surface area contributed by atoms with Crippen molar-refractivity contribution < 1.29 is 19.7 Å². The number of hydrogen-bond acceptors (Lipinski definition) is 6. The Morgan fingerprint density at radius 2 is 2.00 bits per heavy atom. The highest BCUT2D eigenvalue weighted by atomic mass is 35.5. The first-order valence-electron chi connectivity index (χ1n) is 9.38. The number of phenolic OH excluding ortho intramolecular Hbond substituents is 2. The predicted molar refractivity (Wildman–Crippen MR) is 103 cm³/mol. The number of carbonyl (C=O) groups excluding carboxylic acids is 1. The van der Waals surface area contributed by atoms with Gasteiger partial charge in [-0.3, -0.25) is 14.8 Å². The lowest BCUT2D eigenvalue weighted by atomic mass is 10.00.